The number of likely N-dealkylation sites (N-methyl/N-ethyl adjacent to an activating group) is 2. The molecule has 6 nitrogen and oxygen atoms in total. The summed E-state index contributed by atoms with van der Waals surface area (Å²) in [7, 11) is 1.83. The Labute approximate surface area is 108 Å². The zero-order valence-corrected chi connectivity index (χ0v) is 11.2. The second-order valence-corrected chi connectivity index (χ2v) is 4.12. The number of aromatic nitrogens is 2. The molecule has 100 valence electrons. The Balaban J connectivity index is 2.87. The standard InChI is InChI=1S/C12H21N5O/c1-4-6-9-11(13)15-8-16-12(9)17(3)7-10(18)14-5-2/h8H,4-7H2,1-3H3,(H,14,18)(H2,13,15,16). The van der Waals surface area contributed by atoms with Crippen LogP contribution in [0.5, 0.6) is 0 Å². The number of carbonyl (C=O) groups excluding carboxylic acids is 1. The fourth-order valence-corrected chi connectivity index (χ4v) is 1.78. The van der Waals surface area contributed by atoms with E-state index in [1.807, 2.05) is 14.0 Å². The molecule has 0 saturated carbocycles. The van der Waals surface area contributed by atoms with E-state index in [-0.39, 0.29) is 12.5 Å². The van der Waals surface area contributed by atoms with Gasteiger partial charge >= 0.3 is 0 Å². The lowest BCUT2D eigenvalue weighted by Crippen LogP contribution is -2.35. The third-order valence-corrected chi connectivity index (χ3v) is 2.57. The fraction of sp³-hybridized carbons (Fsp3) is 0.583. The molecule has 18 heavy (non-hydrogen) atoms. The van der Waals surface area contributed by atoms with Gasteiger partial charge in [0, 0.05) is 19.2 Å². The summed E-state index contributed by atoms with van der Waals surface area (Å²) in [5, 5.41) is 2.76. The van der Waals surface area contributed by atoms with Crippen molar-refractivity contribution in [3.05, 3.63) is 11.9 Å². The zero-order valence-electron chi connectivity index (χ0n) is 11.2. The lowest BCUT2D eigenvalue weighted by Gasteiger charge is -2.20. The van der Waals surface area contributed by atoms with Crippen LogP contribution in [0.15, 0.2) is 6.33 Å². The quantitative estimate of drug-likeness (QED) is 0.772. The monoisotopic (exact) mass is 251 g/mol. The van der Waals surface area contributed by atoms with Crippen LogP contribution in [-0.4, -0.2) is 36.0 Å². The van der Waals surface area contributed by atoms with Gasteiger partial charge in [0.15, 0.2) is 0 Å². The van der Waals surface area contributed by atoms with Gasteiger partial charge < -0.3 is 16.0 Å². The minimum absolute atomic E-state index is 0.0281. The normalized spacial score (nSPS) is 10.2. The van der Waals surface area contributed by atoms with Gasteiger partial charge in [-0.1, -0.05) is 13.3 Å². The Hall–Kier alpha value is -1.85. The smallest absolute Gasteiger partial charge is 0.239 e. The molecular formula is C12H21N5O. The predicted octanol–water partition coefficient (Wildman–Crippen LogP) is 0.584. The van der Waals surface area contributed by atoms with Crippen molar-refractivity contribution in [2.24, 2.45) is 0 Å². The average molecular weight is 251 g/mol. The molecule has 0 aliphatic heterocycles. The summed E-state index contributed by atoms with van der Waals surface area (Å²) in [5.41, 5.74) is 6.77. The molecule has 1 aromatic heterocycles. The van der Waals surface area contributed by atoms with Crippen molar-refractivity contribution in [3.8, 4) is 0 Å². The maximum atomic E-state index is 11.6. The minimum Gasteiger partial charge on any atom is -0.383 e. The Bertz CT molecular complexity index is 407. The second-order valence-electron chi connectivity index (χ2n) is 4.12. The Kier molecular flexibility index (Phi) is 5.35. The summed E-state index contributed by atoms with van der Waals surface area (Å²) in [6.07, 6.45) is 3.19. The van der Waals surface area contributed by atoms with Gasteiger partial charge in [-0.3, -0.25) is 4.79 Å². The van der Waals surface area contributed by atoms with Crippen LogP contribution in [0.2, 0.25) is 0 Å². The molecule has 0 saturated heterocycles. The number of nitrogens with one attached hydrogen (secondary N) is 1. The summed E-state index contributed by atoms with van der Waals surface area (Å²) >= 11 is 0. The molecule has 0 radical (unpaired) electrons. The summed E-state index contributed by atoms with van der Waals surface area (Å²) in [5.74, 6) is 1.19. The Morgan fingerprint density at radius 1 is 1.44 bits per heavy atom. The SMILES string of the molecule is CCCc1c(N)ncnc1N(C)CC(=O)NCC. The van der Waals surface area contributed by atoms with Crippen molar-refractivity contribution in [1.82, 2.24) is 15.3 Å². The highest BCUT2D eigenvalue weighted by molar-refractivity contribution is 5.81. The molecule has 0 spiro atoms. The third-order valence-electron chi connectivity index (χ3n) is 2.57. The molecule has 0 aromatic carbocycles. The van der Waals surface area contributed by atoms with Crippen LogP contribution in [-0.2, 0) is 11.2 Å². The Morgan fingerprint density at radius 3 is 2.78 bits per heavy atom. The second kappa shape index (κ2) is 6.78. The summed E-state index contributed by atoms with van der Waals surface area (Å²) in [4.78, 5) is 21.6. The van der Waals surface area contributed by atoms with Crippen molar-refractivity contribution in [3.63, 3.8) is 0 Å². The first-order valence-corrected chi connectivity index (χ1v) is 6.17. The number of carbonyl (C=O) groups is 1. The molecule has 0 aliphatic rings. The number of nitrogens with two attached hydrogens (primary N) is 1. The van der Waals surface area contributed by atoms with E-state index >= 15 is 0 Å². The molecule has 0 atom stereocenters. The van der Waals surface area contributed by atoms with E-state index in [2.05, 4.69) is 22.2 Å². The van der Waals surface area contributed by atoms with E-state index < -0.39 is 0 Å². The van der Waals surface area contributed by atoms with E-state index in [1.165, 1.54) is 6.33 Å². The fourth-order valence-electron chi connectivity index (χ4n) is 1.78. The molecule has 1 heterocycles. The molecule has 0 bridgehead atoms. The maximum absolute atomic E-state index is 11.6. The lowest BCUT2D eigenvalue weighted by molar-refractivity contribution is -0.119. The Morgan fingerprint density at radius 2 is 2.17 bits per heavy atom. The predicted molar refractivity (Wildman–Crippen MR) is 72.4 cm³/mol. The van der Waals surface area contributed by atoms with Crippen LogP contribution in [0.3, 0.4) is 0 Å². The van der Waals surface area contributed by atoms with Crippen LogP contribution in [0, 0.1) is 0 Å². The largest absolute Gasteiger partial charge is 0.383 e. The van der Waals surface area contributed by atoms with Gasteiger partial charge in [-0.15, -0.1) is 0 Å². The molecule has 0 unspecified atom stereocenters. The van der Waals surface area contributed by atoms with Crippen molar-refractivity contribution >= 4 is 17.5 Å². The van der Waals surface area contributed by atoms with Crippen LogP contribution >= 0.6 is 0 Å². The lowest BCUT2D eigenvalue weighted by atomic mass is 10.1. The summed E-state index contributed by atoms with van der Waals surface area (Å²) in [6.45, 7) is 4.85. The number of amides is 1. The number of rotatable bonds is 6. The number of nitrogens with zero attached hydrogens (tertiary/aromatic N) is 3. The van der Waals surface area contributed by atoms with Crippen molar-refractivity contribution in [1.29, 1.82) is 0 Å². The van der Waals surface area contributed by atoms with Gasteiger partial charge in [-0.25, -0.2) is 9.97 Å². The van der Waals surface area contributed by atoms with Gasteiger partial charge in [0.2, 0.25) is 5.91 Å². The van der Waals surface area contributed by atoms with Gasteiger partial charge in [0.1, 0.15) is 18.0 Å². The molecule has 1 aromatic rings. The van der Waals surface area contributed by atoms with Crippen molar-refractivity contribution in [2.45, 2.75) is 26.7 Å². The van der Waals surface area contributed by atoms with Crippen molar-refractivity contribution < 1.29 is 4.79 Å². The minimum atomic E-state index is -0.0281. The van der Waals surface area contributed by atoms with Crippen LogP contribution < -0.4 is 16.0 Å². The topological polar surface area (TPSA) is 84.1 Å². The number of anilines is 2. The summed E-state index contributed by atoms with van der Waals surface area (Å²) in [6, 6.07) is 0. The highest BCUT2D eigenvalue weighted by Crippen LogP contribution is 2.21. The van der Waals surface area contributed by atoms with E-state index in [1.54, 1.807) is 4.90 Å². The van der Waals surface area contributed by atoms with E-state index in [0.717, 1.165) is 24.2 Å². The van der Waals surface area contributed by atoms with Crippen LogP contribution in [0.1, 0.15) is 25.8 Å². The van der Waals surface area contributed by atoms with Gasteiger partial charge in [0.05, 0.1) is 6.54 Å². The van der Waals surface area contributed by atoms with E-state index in [0.29, 0.717) is 12.4 Å². The first kappa shape index (κ1) is 14.2. The van der Waals surface area contributed by atoms with Gasteiger partial charge in [0.25, 0.3) is 0 Å². The molecule has 6 heteroatoms. The summed E-state index contributed by atoms with van der Waals surface area (Å²) < 4.78 is 0. The molecule has 1 rings (SSSR count). The number of nitrogen functional groups attached to an aromatic ring is 1. The van der Waals surface area contributed by atoms with E-state index in [4.69, 9.17) is 5.73 Å². The molecule has 3 N–H and O–H groups in total. The van der Waals surface area contributed by atoms with Gasteiger partial charge in [-0.05, 0) is 13.3 Å². The maximum Gasteiger partial charge on any atom is 0.239 e. The molecule has 1 amide bonds. The molecular weight excluding hydrogens is 230 g/mol. The first-order valence-electron chi connectivity index (χ1n) is 6.17. The molecule has 0 aliphatic carbocycles. The highest BCUT2D eigenvalue weighted by atomic mass is 16.2. The van der Waals surface area contributed by atoms with Gasteiger partial charge in [-0.2, -0.15) is 0 Å². The van der Waals surface area contributed by atoms with E-state index in [9.17, 15) is 4.79 Å². The average Bonchev–Trinajstić information content (AvgIpc) is 2.32. The zero-order chi connectivity index (χ0) is 13.5. The number of hydrogen-bond acceptors (Lipinski definition) is 5. The number of hydrogen-bond donors (Lipinski definition) is 2. The third kappa shape index (κ3) is 3.58. The van der Waals surface area contributed by atoms with Crippen molar-refractivity contribution in [2.75, 3.05) is 30.8 Å². The van der Waals surface area contributed by atoms with Crippen LogP contribution in [0.4, 0.5) is 11.6 Å². The highest BCUT2D eigenvalue weighted by Gasteiger charge is 2.14. The first-order chi connectivity index (χ1) is 8.60. The molecule has 0 fully saturated rings. The van der Waals surface area contributed by atoms with Crippen LogP contribution in [0.25, 0.3) is 0 Å².